The molecular formula is C21H24N4O2S. The first-order valence-corrected chi connectivity index (χ1v) is 10.1. The summed E-state index contributed by atoms with van der Waals surface area (Å²) in [5.41, 5.74) is 3.35. The van der Waals surface area contributed by atoms with Crippen molar-refractivity contribution in [2.24, 2.45) is 0 Å². The van der Waals surface area contributed by atoms with E-state index < -0.39 is 0 Å². The molecule has 3 rings (SSSR count). The van der Waals surface area contributed by atoms with Gasteiger partial charge >= 0.3 is 0 Å². The van der Waals surface area contributed by atoms with Crippen LogP contribution < -0.4 is 10.1 Å². The van der Waals surface area contributed by atoms with Gasteiger partial charge in [0.15, 0.2) is 5.16 Å². The quantitative estimate of drug-likeness (QED) is 0.466. The number of ether oxygens (including phenoxy) is 1. The first kappa shape index (κ1) is 19.9. The van der Waals surface area contributed by atoms with Gasteiger partial charge in [0.05, 0.1) is 18.0 Å². The summed E-state index contributed by atoms with van der Waals surface area (Å²) in [6.45, 7) is 6.91. The Balaban J connectivity index is 1.53. The molecule has 0 saturated heterocycles. The van der Waals surface area contributed by atoms with Crippen molar-refractivity contribution < 1.29 is 9.53 Å². The van der Waals surface area contributed by atoms with Gasteiger partial charge < -0.3 is 10.1 Å². The molecule has 0 atom stereocenters. The molecule has 0 bridgehead atoms. The molecular weight excluding hydrogens is 372 g/mol. The van der Waals surface area contributed by atoms with E-state index in [1.54, 1.807) is 0 Å². The highest BCUT2D eigenvalue weighted by atomic mass is 32.2. The van der Waals surface area contributed by atoms with E-state index in [1.165, 1.54) is 17.3 Å². The van der Waals surface area contributed by atoms with Gasteiger partial charge in [0.25, 0.3) is 0 Å². The van der Waals surface area contributed by atoms with Crippen molar-refractivity contribution in [3.8, 4) is 11.4 Å². The van der Waals surface area contributed by atoms with E-state index in [-0.39, 0.29) is 11.7 Å². The lowest BCUT2D eigenvalue weighted by atomic mass is 10.1. The number of carbonyl (C=O) groups excluding carboxylic acids is 1. The summed E-state index contributed by atoms with van der Waals surface area (Å²) in [5.74, 6) is 1.81. The predicted molar refractivity (Wildman–Crippen MR) is 111 cm³/mol. The summed E-state index contributed by atoms with van der Waals surface area (Å²) >= 11 is 1.38. The van der Waals surface area contributed by atoms with Crippen LogP contribution in [0, 0.1) is 20.8 Å². The summed E-state index contributed by atoms with van der Waals surface area (Å²) in [7, 11) is 0. The third-order valence-electron chi connectivity index (χ3n) is 4.17. The maximum absolute atomic E-state index is 12.2. The van der Waals surface area contributed by atoms with Gasteiger partial charge in [0.1, 0.15) is 18.2 Å². The molecule has 28 heavy (non-hydrogen) atoms. The molecule has 0 spiro atoms. The van der Waals surface area contributed by atoms with Gasteiger partial charge in [0, 0.05) is 0 Å². The standard InChI is InChI=1S/C21H24N4O2S/c1-15-9-10-16(2)19(13-15)25-17(3)23-24-21(25)28-14-20(26)22-11-12-27-18-7-5-4-6-8-18/h4-10,13H,11-12,14H2,1-3H3,(H,22,26). The molecule has 0 saturated carbocycles. The zero-order chi connectivity index (χ0) is 19.9. The van der Waals surface area contributed by atoms with Crippen molar-refractivity contribution in [1.29, 1.82) is 0 Å². The van der Waals surface area contributed by atoms with Gasteiger partial charge in [-0.05, 0) is 50.1 Å². The van der Waals surface area contributed by atoms with Gasteiger partial charge in [-0.3, -0.25) is 9.36 Å². The van der Waals surface area contributed by atoms with E-state index >= 15 is 0 Å². The third-order valence-corrected chi connectivity index (χ3v) is 5.10. The summed E-state index contributed by atoms with van der Waals surface area (Å²) in [5, 5.41) is 12.0. The Morgan fingerprint density at radius 2 is 1.89 bits per heavy atom. The summed E-state index contributed by atoms with van der Waals surface area (Å²) in [6.07, 6.45) is 0. The Labute approximate surface area is 169 Å². The summed E-state index contributed by atoms with van der Waals surface area (Å²) in [6, 6.07) is 15.8. The highest BCUT2D eigenvalue weighted by Crippen LogP contribution is 2.24. The third kappa shape index (κ3) is 5.13. The van der Waals surface area contributed by atoms with E-state index in [4.69, 9.17) is 4.74 Å². The number of hydrogen-bond acceptors (Lipinski definition) is 5. The van der Waals surface area contributed by atoms with Gasteiger partial charge in [-0.1, -0.05) is 42.1 Å². The van der Waals surface area contributed by atoms with E-state index in [9.17, 15) is 4.79 Å². The molecule has 2 aromatic carbocycles. The molecule has 0 aliphatic rings. The fraction of sp³-hybridized carbons (Fsp3) is 0.286. The Hall–Kier alpha value is -2.80. The smallest absolute Gasteiger partial charge is 0.230 e. The average molecular weight is 397 g/mol. The minimum atomic E-state index is -0.0603. The van der Waals surface area contributed by atoms with Crippen LogP contribution in [0.25, 0.3) is 5.69 Å². The van der Waals surface area contributed by atoms with Crippen LogP contribution in [0.15, 0.2) is 53.7 Å². The topological polar surface area (TPSA) is 69.0 Å². The van der Waals surface area contributed by atoms with E-state index in [1.807, 2.05) is 41.8 Å². The molecule has 3 aromatic rings. The fourth-order valence-electron chi connectivity index (χ4n) is 2.73. The lowest BCUT2D eigenvalue weighted by molar-refractivity contribution is -0.118. The summed E-state index contributed by atoms with van der Waals surface area (Å²) in [4.78, 5) is 12.2. The number of aryl methyl sites for hydroxylation is 3. The minimum Gasteiger partial charge on any atom is -0.492 e. The van der Waals surface area contributed by atoms with E-state index in [2.05, 4.69) is 47.6 Å². The van der Waals surface area contributed by atoms with Crippen molar-refractivity contribution in [2.45, 2.75) is 25.9 Å². The van der Waals surface area contributed by atoms with Gasteiger partial charge in [-0.15, -0.1) is 10.2 Å². The molecule has 1 heterocycles. The molecule has 0 fully saturated rings. The molecule has 0 aliphatic heterocycles. The molecule has 7 heteroatoms. The lowest BCUT2D eigenvalue weighted by Gasteiger charge is -2.12. The number of nitrogens with one attached hydrogen (secondary N) is 1. The largest absolute Gasteiger partial charge is 0.492 e. The van der Waals surface area contributed by atoms with Crippen molar-refractivity contribution in [3.63, 3.8) is 0 Å². The second-order valence-corrected chi connectivity index (χ2v) is 7.40. The van der Waals surface area contributed by atoms with Crippen LogP contribution in [0.1, 0.15) is 17.0 Å². The number of amides is 1. The Kier molecular flexibility index (Phi) is 6.71. The molecule has 146 valence electrons. The number of thioether (sulfide) groups is 1. The number of rotatable bonds is 8. The van der Waals surface area contributed by atoms with Crippen LogP contribution in [0.3, 0.4) is 0 Å². The van der Waals surface area contributed by atoms with Crippen molar-refractivity contribution in [3.05, 3.63) is 65.5 Å². The minimum absolute atomic E-state index is 0.0603. The summed E-state index contributed by atoms with van der Waals surface area (Å²) < 4.78 is 7.57. The number of carbonyl (C=O) groups is 1. The van der Waals surface area contributed by atoms with E-state index in [0.717, 1.165) is 22.8 Å². The van der Waals surface area contributed by atoms with E-state index in [0.29, 0.717) is 18.3 Å². The molecule has 0 unspecified atom stereocenters. The highest BCUT2D eigenvalue weighted by Gasteiger charge is 2.15. The molecule has 6 nitrogen and oxygen atoms in total. The predicted octanol–water partition coefficient (Wildman–Crippen LogP) is 3.48. The normalized spacial score (nSPS) is 10.7. The number of benzene rings is 2. The van der Waals surface area contributed by atoms with Gasteiger partial charge in [-0.25, -0.2) is 0 Å². The number of para-hydroxylation sites is 1. The highest BCUT2D eigenvalue weighted by molar-refractivity contribution is 7.99. The molecule has 0 radical (unpaired) electrons. The fourth-order valence-corrected chi connectivity index (χ4v) is 3.55. The van der Waals surface area contributed by atoms with Crippen LogP contribution in [-0.2, 0) is 4.79 Å². The maximum atomic E-state index is 12.2. The van der Waals surface area contributed by atoms with Crippen LogP contribution >= 0.6 is 11.8 Å². The first-order chi connectivity index (χ1) is 13.5. The van der Waals surface area contributed by atoms with Gasteiger partial charge in [-0.2, -0.15) is 0 Å². The van der Waals surface area contributed by atoms with Crippen LogP contribution in [-0.4, -0.2) is 39.6 Å². The number of nitrogens with zero attached hydrogens (tertiary/aromatic N) is 3. The zero-order valence-electron chi connectivity index (χ0n) is 16.3. The van der Waals surface area contributed by atoms with Crippen LogP contribution in [0.4, 0.5) is 0 Å². The molecule has 1 aromatic heterocycles. The Bertz CT molecular complexity index is 941. The Morgan fingerprint density at radius 1 is 1.11 bits per heavy atom. The van der Waals surface area contributed by atoms with Crippen LogP contribution in [0.5, 0.6) is 5.75 Å². The number of aromatic nitrogens is 3. The zero-order valence-corrected chi connectivity index (χ0v) is 17.1. The number of hydrogen-bond donors (Lipinski definition) is 1. The first-order valence-electron chi connectivity index (χ1n) is 9.11. The molecule has 1 N–H and O–H groups in total. The lowest BCUT2D eigenvalue weighted by Crippen LogP contribution is -2.29. The average Bonchev–Trinajstić information content (AvgIpc) is 3.06. The van der Waals surface area contributed by atoms with Crippen molar-refractivity contribution >= 4 is 17.7 Å². The Morgan fingerprint density at radius 3 is 2.68 bits per heavy atom. The van der Waals surface area contributed by atoms with Crippen LogP contribution in [0.2, 0.25) is 0 Å². The second kappa shape index (κ2) is 9.41. The van der Waals surface area contributed by atoms with Gasteiger partial charge in [0.2, 0.25) is 5.91 Å². The van der Waals surface area contributed by atoms with Crippen molar-refractivity contribution in [2.75, 3.05) is 18.9 Å². The second-order valence-electron chi connectivity index (χ2n) is 6.46. The van der Waals surface area contributed by atoms with Crippen molar-refractivity contribution in [1.82, 2.24) is 20.1 Å². The SMILES string of the molecule is Cc1ccc(C)c(-n2c(C)nnc2SCC(=O)NCCOc2ccccc2)c1. The monoisotopic (exact) mass is 396 g/mol. The maximum Gasteiger partial charge on any atom is 0.230 e. The molecule has 0 aliphatic carbocycles. The molecule has 1 amide bonds.